The third kappa shape index (κ3) is 3.01. The van der Waals surface area contributed by atoms with Gasteiger partial charge in [0.15, 0.2) is 0 Å². The highest BCUT2D eigenvalue weighted by Crippen LogP contribution is 2.27. The Hall–Kier alpha value is -2.21. The van der Waals surface area contributed by atoms with Crippen LogP contribution in [-0.2, 0) is 29.7 Å². The van der Waals surface area contributed by atoms with Crippen LogP contribution in [0.25, 0.3) is 0 Å². The lowest BCUT2D eigenvalue weighted by atomic mass is 9.99. The van der Waals surface area contributed by atoms with Crippen LogP contribution in [0.15, 0.2) is 30.3 Å². The molecule has 0 aliphatic carbocycles. The number of fused-ring (bicyclic) bond motifs is 1. The van der Waals surface area contributed by atoms with Crippen molar-refractivity contribution >= 4 is 5.91 Å². The highest BCUT2D eigenvalue weighted by molar-refractivity contribution is 5.73. The van der Waals surface area contributed by atoms with E-state index in [9.17, 15) is 4.79 Å². The SMILES string of the molecule is CC(=O)N1Cc2nnn(C)c2[C@@H](COCc2ccccc2)C1. The highest BCUT2D eigenvalue weighted by Gasteiger charge is 2.31. The van der Waals surface area contributed by atoms with Gasteiger partial charge in [-0.1, -0.05) is 35.5 Å². The zero-order chi connectivity index (χ0) is 15.5. The molecule has 0 bridgehead atoms. The average Bonchev–Trinajstić information content (AvgIpc) is 2.90. The third-order valence-electron chi connectivity index (χ3n) is 3.99. The van der Waals surface area contributed by atoms with Crippen molar-refractivity contribution in [3.05, 3.63) is 47.3 Å². The molecule has 1 amide bonds. The summed E-state index contributed by atoms with van der Waals surface area (Å²) in [6.07, 6.45) is 0. The summed E-state index contributed by atoms with van der Waals surface area (Å²) < 4.78 is 7.66. The van der Waals surface area contributed by atoms with Gasteiger partial charge in [-0.05, 0) is 5.56 Å². The predicted octanol–water partition coefficient (Wildman–Crippen LogP) is 1.48. The molecular weight excluding hydrogens is 280 g/mol. The maximum Gasteiger partial charge on any atom is 0.219 e. The van der Waals surface area contributed by atoms with Gasteiger partial charge >= 0.3 is 0 Å². The number of aryl methyl sites for hydroxylation is 1. The Morgan fingerprint density at radius 3 is 2.86 bits per heavy atom. The van der Waals surface area contributed by atoms with Gasteiger partial charge in [0.25, 0.3) is 0 Å². The van der Waals surface area contributed by atoms with Crippen LogP contribution in [0.1, 0.15) is 29.8 Å². The van der Waals surface area contributed by atoms with Crippen LogP contribution in [0.4, 0.5) is 0 Å². The summed E-state index contributed by atoms with van der Waals surface area (Å²) in [5, 5.41) is 8.25. The summed E-state index contributed by atoms with van der Waals surface area (Å²) in [6, 6.07) is 10.1. The van der Waals surface area contributed by atoms with Crippen molar-refractivity contribution in [2.45, 2.75) is 26.0 Å². The molecule has 116 valence electrons. The molecule has 1 atom stereocenters. The van der Waals surface area contributed by atoms with E-state index in [1.807, 2.05) is 37.4 Å². The summed E-state index contributed by atoms with van der Waals surface area (Å²) in [7, 11) is 1.89. The second-order valence-electron chi connectivity index (χ2n) is 5.64. The number of hydrogen-bond donors (Lipinski definition) is 0. The Balaban J connectivity index is 1.69. The zero-order valence-corrected chi connectivity index (χ0v) is 12.9. The predicted molar refractivity (Wildman–Crippen MR) is 80.9 cm³/mol. The van der Waals surface area contributed by atoms with Crippen LogP contribution in [0, 0.1) is 0 Å². The Bertz CT molecular complexity index is 653. The molecule has 0 unspecified atom stereocenters. The molecular formula is C16H20N4O2. The minimum atomic E-state index is 0.0596. The van der Waals surface area contributed by atoms with E-state index in [0.717, 1.165) is 17.0 Å². The van der Waals surface area contributed by atoms with E-state index in [-0.39, 0.29) is 11.8 Å². The molecule has 0 saturated heterocycles. The molecule has 1 aliphatic rings. The number of aromatic nitrogens is 3. The Morgan fingerprint density at radius 1 is 1.36 bits per heavy atom. The Kier molecular flexibility index (Phi) is 4.20. The number of rotatable bonds is 4. The van der Waals surface area contributed by atoms with Crippen molar-refractivity contribution in [3.63, 3.8) is 0 Å². The van der Waals surface area contributed by atoms with E-state index in [1.165, 1.54) is 0 Å². The fourth-order valence-corrected chi connectivity index (χ4v) is 2.88. The van der Waals surface area contributed by atoms with Crippen LogP contribution in [0.3, 0.4) is 0 Å². The summed E-state index contributed by atoms with van der Waals surface area (Å²) in [6.45, 7) is 3.89. The largest absolute Gasteiger partial charge is 0.376 e. The fourth-order valence-electron chi connectivity index (χ4n) is 2.88. The van der Waals surface area contributed by atoms with Gasteiger partial charge in [0.05, 0.1) is 25.5 Å². The Labute approximate surface area is 129 Å². The van der Waals surface area contributed by atoms with Crippen molar-refractivity contribution < 1.29 is 9.53 Å². The molecule has 1 aliphatic heterocycles. The van der Waals surface area contributed by atoms with Crippen molar-refractivity contribution in [2.24, 2.45) is 7.05 Å². The van der Waals surface area contributed by atoms with Gasteiger partial charge in [0.1, 0.15) is 5.69 Å². The summed E-state index contributed by atoms with van der Waals surface area (Å²) in [5.74, 6) is 0.167. The monoisotopic (exact) mass is 300 g/mol. The maximum atomic E-state index is 11.7. The first-order valence-electron chi connectivity index (χ1n) is 7.40. The number of nitrogens with zero attached hydrogens (tertiary/aromatic N) is 4. The van der Waals surface area contributed by atoms with Gasteiger partial charge in [-0.25, -0.2) is 0 Å². The lowest BCUT2D eigenvalue weighted by Gasteiger charge is -2.31. The molecule has 6 heteroatoms. The van der Waals surface area contributed by atoms with E-state index < -0.39 is 0 Å². The molecule has 0 spiro atoms. The van der Waals surface area contributed by atoms with Crippen molar-refractivity contribution in [1.82, 2.24) is 19.9 Å². The third-order valence-corrected chi connectivity index (χ3v) is 3.99. The number of carbonyl (C=O) groups excluding carboxylic acids is 1. The summed E-state index contributed by atoms with van der Waals surface area (Å²) in [4.78, 5) is 13.5. The van der Waals surface area contributed by atoms with Gasteiger partial charge in [0.2, 0.25) is 5.91 Å². The molecule has 0 saturated carbocycles. The van der Waals surface area contributed by atoms with Gasteiger partial charge in [-0.15, -0.1) is 5.10 Å². The molecule has 1 aromatic carbocycles. The molecule has 0 radical (unpaired) electrons. The second-order valence-corrected chi connectivity index (χ2v) is 5.64. The topological polar surface area (TPSA) is 60.2 Å². The van der Waals surface area contributed by atoms with Crippen LogP contribution in [0.2, 0.25) is 0 Å². The van der Waals surface area contributed by atoms with Crippen LogP contribution < -0.4 is 0 Å². The molecule has 2 heterocycles. The van der Waals surface area contributed by atoms with E-state index in [2.05, 4.69) is 10.3 Å². The summed E-state index contributed by atoms with van der Waals surface area (Å²) in [5.41, 5.74) is 3.09. The minimum absolute atomic E-state index is 0.0596. The highest BCUT2D eigenvalue weighted by atomic mass is 16.5. The van der Waals surface area contributed by atoms with E-state index in [1.54, 1.807) is 16.5 Å². The van der Waals surface area contributed by atoms with Crippen molar-refractivity contribution in [1.29, 1.82) is 0 Å². The maximum absolute atomic E-state index is 11.7. The van der Waals surface area contributed by atoms with Gasteiger partial charge < -0.3 is 9.64 Å². The Morgan fingerprint density at radius 2 is 2.14 bits per heavy atom. The van der Waals surface area contributed by atoms with Crippen molar-refractivity contribution in [2.75, 3.05) is 13.2 Å². The second kappa shape index (κ2) is 6.27. The average molecular weight is 300 g/mol. The van der Waals surface area contributed by atoms with Crippen molar-refractivity contribution in [3.8, 4) is 0 Å². The number of benzene rings is 1. The minimum Gasteiger partial charge on any atom is -0.376 e. The lowest BCUT2D eigenvalue weighted by Crippen LogP contribution is -2.39. The number of hydrogen-bond acceptors (Lipinski definition) is 4. The number of ether oxygens (including phenoxy) is 1. The van der Waals surface area contributed by atoms with Gasteiger partial charge in [0, 0.05) is 26.4 Å². The molecule has 2 aromatic rings. The first-order valence-corrected chi connectivity index (χ1v) is 7.40. The molecule has 22 heavy (non-hydrogen) atoms. The molecule has 6 nitrogen and oxygen atoms in total. The van der Waals surface area contributed by atoms with E-state index >= 15 is 0 Å². The quantitative estimate of drug-likeness (QED) is 0.858. The normalized spacial score (nSPS) is 17.4. The molecule has 3 rings (SSSR count). The van der Waals surface area contributed by atoms with E-state index in [0.29, 0.717) is 26.3 Å². The molecule has 1 aromatic heterocycles. The van der Waals surface area contributed by atoms with Gasteiger partial charge in [-0.3, -0.25) is 9.48 Å². The van der Waals surface area contributed by atoms with Crippen LogP contribution in [-0.4, -0.2) is 39.0 Å². The molecule has 0 N–H and O–H groups in total. The molecule has 0 fully saturated rings. The summed E-state index contributed by atoms with van der Waals surface area (Å²) >= 11 is 0. The van der Waals surface area contributed by atoms with Crippen LogP contribution >= 0.6 is 0 Å². The standard InChI is InChI=1S/C16H20N4O2/c1-12(21)20-8-14(16-15(9-20)17-18-19(16)2)11-22-10-13-6-4-3-5-7-13/h3-7,14H,8-11H2,1-2H3/t14-/m1/s1. The van der Waals surface area contributed by atoms with E-state index in [4.69, 9.17) is 4.74 Å². The zero-order valence-electron chi connectivity index (χ0n) is 12.9. The number of carbonyl (C=O) groups is 1. The lowest BCUT2D eigenvalue weighted by molar-refractivity contribution is -0.130. The number of amides is 1. The first-order chi connectivity index (χ1) is 10.6. The van der Waals surface area contributed by atoms with Gasteiger partial charge in [-0.2, -0.15) is 0 Å². The van der Waals surface area contributed by atoms with Crippen LogP contribution in [0.5, 0.6) is 0 Å². The smallest absolute Gasteiger partial charge is 0.219 e. The first kappa shape index (κ1) is 14.7. The fraction of sp³-hybridized carbons (Fsp3) is 0.438.